The number of hydrogen-bond donors (Lipinski definition) is 2. The van der Waals surface area contributed by atoms with Crippen molar-refractivity contribution >= 4 is 11.6 Å². The van der Waals surface area contributed by atoms with Crippen molar-refractivity contribution in [1.29, 1.82) is 0 Å². The van der Waals surface area contributed by atoms with E-state index in [0.717, 1.165) is 0 Å². The van der Waals surface area contributed by atoms with Gasteiger partial charge in [-0.2, -0.15) is 0 Å². The summed E-state index contributed by atoms with van der Waals surface area (Å²) in [5, 5.41) is 20.3. The normalized spacial score (nSPS) is 23.6. The molecule has 0 spiro atoms. The van der Waals surface area contributed by atoms with E-state index in [1.54, 1.807) is 27.7 Å². The Morgan fingerprint density at radius 3 is 2.27 bits per heavy atom. The maximum Gasteiger partial charge on any atom is 0.175 e. The molecule has 1 aliphatic heterocycles. The monoisotopic (exact) mass is 358 g/mol. The second-order valence-electron chi connectivity index (χ2n) is 8.81. The standard InChI is InChI=1S/C21H26O5/c1-10(2)7-12-15-13(23)8-11(22)9-14(15)26-18-16(12)17(24)20(3,4)19(25)21(18,5)6/h8-10,12,22-23H,7H2,1-6H3. The number of rotatable bonds is 2. The van der Waals surface area contributed by atoms with Gasteiger partial charge in [-0.05, 0) is 40.0 Å². The Morgan fingerprint density at radius 1 is 1.08 bits per heavy atom. The Labute approximate surface area is 153 Å². The predicted molar refractivity (Wildman–Crippen MR) is 97.2 cm³/mol. The van der Waals surface area contributed by atoms with Gasteiger partial charge in [-0.3, -0.25) is 9.59 Å². The van der Waals surface area contributed by atoms with Crippen molar-refractivity contribution in [3.8, 4) is 17.2 Å². The number of fused-ring (bicyclic) bond motifs is 1. The summed E-state index contributed by atoms with van der Waals surface area (Å²) in [5.41, 5.74) is -1.14. The molecule has 3 rings (SSSR count). The topological polar surface area (TPSA) is 83.8 Å². The highest BCUT2D eigenvalue weighted by molar-refractivity contribution is 6.19. The molecule has 26 heavy (non-hydrogen) atoms. The Morgan fingerprint density at radius 2 is 1.69 bits per heavy atom. The number of Topliss-reactive ketones (excluding diaryl/α,β-unsaturated/α-hetero) is 2. The van der Waals surface area contributed by atoms with E-state index in [1.165, 1.54) is 12.1 Å². The fourth-order valence-corrected chi connectivity index (χ4v) is 4.26. The number of hydrogen-bond acceptors (Lipinski definition) is 5. The Hall–Kier alpha value is -2.30. The van der Waals surface area contributed by atoms with Crippen LogP contribution in [0, 0.1) is 16.7 Å². The summed E-state index contributed by atoms with van der Waals surface area (Å²) in [7, 11) is 0. The zero-order valence-corrected chi connectivity index (χ0v) is 16.1. The molecule has 0 amide bonds. The van der Waals surface area contributed by atoms with Gasteiger partial charge in [-0.25, -0.2) is 0 Å². The minimum atomic E-state index is -1.15. The lowest BCUT2D eigenvalue weighted by molar-refractivity contribution is -0.144. The SMILES string of the molecule is CC(C)CC1C2=C(Oc3cc(O)cc(O)c31)C(C)(C)C(=O)C(C)(C)C2=O. The maximum atomic E-state index is 13.3. The van der Waals surface area contributed by atoms with Gasteiger partial charge in [-0.15, -0.1) is 0 Å². The van der Waals surface area contributed by atoms with Gasteiger partial charge in [0.2, 0.25) is 0 Å². The Kier molecular flexibility index (Phi) is 3.98. The van der Waals surface area contributed by atoms with Crippen LogP contribution in [-0.4, -0.2) is 21.8 Å². The van der Waals surface area contributed by atoms with Crippen molar-refractivity contribution in [1.82, 2.24) is 0 Å². The number of carbonyl (C=O) groups excluding carboxylic acids is 2. The van der Waals surface area contributed by atoms with Crippen LogP contribution in [0.15, 0.2) is 23.5 Å². The van der Waals surface area contributed by atoms with E-state index in [9.17, 15) is 19.8 Å². The lowest BCUT2D eigenvalue weighted by atomic mass is 9.60. The minimum absolute atomic E-state index is 0.0995. The summed E-state index contributed by atoms with van der Waals surface area (Å²) in [6.07, 6.45) is 0.625. The van der Waals surface area contributed by atoms with E-state index in [2.05, 4.69) is 0 Å². The maximum absolute atomic E-state index is 13.3. The molecule has 1 aromatic carbocycles. The smallest absolute Gasteiger partial charge is 0.175 e. The van der Waals surface area contributed by atoms with Crippen LogP contribution in [0.4, 0.5) is 0 Å². The molecule has 1 aliphatic carbocycles. The highest BCUT2D eigenvalue weighted by Gasteiger charge is 2.57. The van der Waals surface area contributed by atoms with Crippen molar-refractivity contribution in [2.24, 2.45) is 16.7 Å². The third-order valence-electron chi connectivity index (χ3n) is 5.48. The molecule has 5 heteroatoms. The van der Waals surface area contributed by atoms with E-state index in [1.807, 2.05) is 13.8 Å². The zero-order valence-electron chi connectivity index (χ0n) is 16.1. The molecule has 1 unspecified atom stereocenters. The summed E-state index contributed by atoms with van der Waals surface area (Å²) >= 11 is 0. The van der Waals surface area contributed by atoms with Crippen LogP contribution in [0.3, 0.4) is 0 Å². The molecule has 0 saturated carbocycles. The van der Waals surface area contributed by atoms with Gasteiger partial charge in [0.05, 0.1) is 10.8 Å². The predicted octanol–water partition coefficient (Wildman–Crippen LogP) is 4.08. The van der Waals surface area contributed by atoms with Crippen LogP contribution in [0.25, 0.3) is 0 Å². The first kappa shape index (κ1) is 18.5. The molecular formula is C21H26O5. The Balaban J connectivity index is 2.33. The first-order valence-electron chi connectivity index (χ1n) is 8.97. The van der Waals surface area contributed by atoms with Gasteiger partial charge in [-0.1, -0.05) is 13.8 Å². The second-order valence-corrected chi connectivity index (χ2v) is 8.81. The van der Waals surface area contributed by atoms with E-state index < -0.39 is 10.8 Å². The number of benzene rings is 1. The van der Waals surface area contributed by atoms with Gasteiger partial charge >= 0.3 is 0 Å². The Bertz CT molecular complexity index is 842. The molecule has 0 radical (unpaired) electrons. The van der Waals surface area contributed by atoms with Crippen molar-refractivity contribution in [3.63, 3.8) is 0 Å². The number of ketones is 2. The third-order valence-corrected chi connectivity index (χ3v) is 5.48. The number of phenolic OH excluding ortho intramolecular Hbond substituents is 2. The highest BCUT2D eigenvalue weighted by Crippen LogP contribution is 2.56. The van der Waals surface area contributed by atoms with Crippen LogP contribution >= 0.6 is 0 Å². The van der Waals surface area contributed by atoms with Gasteiger partial charge in [0.1, 0.15) is 23.0 Å². The largest absolute Gasteiger partial charge is 0.508 e. The third kappa shape index (κ3) is 2.44. The van der Waals surface area contributed by atoms with E-state index in [0.29, 0.717) is 29.1 Å². The molecule has 0 bridgehead atoms. The van der Waals surface area contributed by atoms with Crippen molar-refractivity contribution in [2.75, 3.05) is 0 Å². The average Bonchev–Trinajstić information content (AvgIpc) is 2.50. The summed E-state index contributed by atoms with van der Waals surface area (Å²) in [5.74, 6) is -0.142. The zero-order chi connectivity index (χ0) is 19.6. The fraction of sp³-hybridized carbons (Fsp3) is 0.524. The summed E-state index contributed by atoms with van der Waals surface area (Å²) in [6, 6.07) is 2.69. The van der Waals surface area contributed by atoms with Crippen molar-refractivity contribution < 1.29 is 24.5 Å². The van der Waals surface area contributed by atoms with Crippen LogP contribution in [0.1, 0.15) is 59.4 Å². The molecule has 5 nitrogen and oxygen atoms in total. The first-order valence-corrected chi connectivity index (χ1v) is 8.97. The van der Waals surface area contributed by atoms with Gasteiger partial charge in [0.15, 0.2) is 11.6 Å². The molecule has 1 aromatic rings. The van der Waals surface area contributed by atoms with Crippen LogP contribution in [0.5, 0.6) is 17.2 Å². The van der Waals surface area contributed by atoms with Gasteiger partial charge in [0.25, 0.3) is 0 Å². The molecule has 0 aromatic heterocycles. The van der Waals surface area contributed by atoms with Crippen LogP contribution < -0.4 is 4.74 Å². The lowest BCUT2D eigenvalue weighted by Gasteiger charge is -2.45. The summed E-state index contributed by atoms with van der Waals surface area (Å²) in [6.45, 7) is 10.9. The quantitative estimate of drug-likeness (QED) is 0.778. The summed E-state index contributed by atoms with van der Waals surface area (Å²) in [4.78, 5) is 26.2. The first-order chi connectivity index (χ1) is 11.9. The molecule has 0 saturated heterocycles. The molecule has 1 heterocycles. The highest BCUT2D eigenvalue weighted by atomic mass is 16.5. The average molecular weight is 358 g/mol. The van der Waals surface area contributed by atoms with E-state index in [4.69, 9.17) is 4.74 Å². The number of aromatic hydroxyl groups is 2. The lowest BCUT2D eigenvalue weighted by Crippen LogP contribution is -2.51. The molecule has 140 valence electrons. The van der Waals surface area contributed by atoms with E-state index in [-0.39, 0.29) is 34.9 Å². The summed E-state index contributed by atoms with van der Waals surface area (Å²) < 4.78 is 5.98. The van der Waals surface area contributed by atoms with Crippen LogP contribution in [0.2, 0.25) is 0 Å². The molecule has 1 atom stereocenters. The van der Waals surface area contributed by atoms with Gasteiger partial charge in [0, 0.05) is 29.2 Å². The molecule has 2 N–H and O–H groups in total. The number of allylic oxidation sites excluding steroid dienone is 2. The second kappa shape index (κ2) is 5.60. The van der Waals surface area contributed by atoms with E-state index >= 15 is 0 Å². The van der Waals surface area contributed by atoms with Crippen molar-refractivity contribution in [2.45, 2.75) is 53.9 Å². The fourth-order valence-electron chi connectivity index (χ4n) is 4.26. The van der Waals surface area contributed by atoms with Crippen molar-refractivity contribution in [3.05, 3.63) is 29.0 Å². The van der Waals surface area contributed by atoms with Gasteiger partial charge < -0.3 is 14.9 Å². The molecule has 0 fully saturated rings. The molecule has 2 aliphatic rings. The number of phenols is 2. The minimum Gasteiger partial charge on any atom is -0.508 e. The number of ether oxygens (including phenoxy) is 1. The molecular weight excluding hydrogens is 332 g/mol. The van der Waals surface area contributed by atoms with Crippen LogP contribution in [-0.2, 0) is 9.59 Å². The number of carbonyl (C=O) groups is 2.